The molecule has 1 amide bonds. The number of aryl methyl sites for hydroxylation is 1. The summed E-state index contributed by atoms with van der Waals surface area (Å²) in [6, 6.07) is 5.50. The van der Waals surface area contributed by atoms with Gasteiger partial charge in [-0.2, -0.15) is 0 Å². The van der Waals surface area contributed by atoms with Crippen molar-refractivity contribution in [3.63, 3.8) is 0 Å². The van der Waals surface area contributed by atoms with Crippen molar-refractivity contribution in [2.75, 3.05) is 7.05 Å². The van der Waals surface area contributed by atoms with Gasteiger partial charge in [-0.3, -0.25) is 9.59 Å². The second-order valence-corrected chi connectivity index (χ2v) is 4.59. The molecule has 0 saturated carbocycles. The van der Waals surface area contributed by atoms with Gasteiger partial charge < -0.3 is 10.3 Å². The third-order valence-corrected chi connectivity index (χ3v) is 3.50. The lowest BCUT2D eigenvalue weighted by Gasteiger charge is -2.09. The number of hydrogen-bond acceptors (Lipinski definition) is 2. The van der Waals surface area contributed by atoms with Crippen LogP contribution in [0.25, 0.3) is 10.9 Å². The summed E-state index contributed by atoms with van der Waals surface area (Å²) in [5.41, 5.74) is 3.35. The average molecular weight is 242 g/mol. The zero-order valence-electron chi connectivity index (χ0n) is 10.2. The van der Waals surface area contributed by atoms with E-state index in [1.165, 1.54) is 0 Å². The van der Waals surface area contributed by atoms with Gasteiger partial charge in [-0.25, -0.2) is 0 Å². The van der Waals surface area contributed by atoms with E-state index in [1.807, 2.05) is 12.1 Å². The predicted octanol–water partition coefficient (Wildman–Crippen LogP) is 2.05. The van der Waals surface area contributed by atoms with Crippen LogP contribution in [0.1, 0.15) is 39.3 Å². The molecule has 0 saturated heterocycles. The summed E-state index contributed by atoms with van der Waals surface area (Å²) in [6.07, 6.45) is 2.41. The molecular formula is C14H14N2O2. The summed E-state index contributed by atoms with van der Waals surface area (Å²) < 4.78 is 0. The third-order valence-electron chi connectivity index (χ3n) is 3.50. The number of aromatic nitrogens is 1. The molecule has 0 spiro atoms. The highest BCUT2D eigenvalue weighted by atomic mass is 16.1. The molecule has 1 aromatic carbocycles. The SMILES string of the molecule is CNC(=O)c1ccc2[nH]c3c(c2c1)CCCC3=O. The Labute approximate surface area is 104 Å². The monoisotopic (exact) mass is 242 g/mol. The van der Waals surface area contributed by atoms with E-state index in [2.05, 4.69) is 10.3 Å². The second-order valence-electron chi connectivity index (χ2n) is 4.59. The summed E-state index contributed by atoms with van der Waals surface area (Å²) in [5, 5.41) is 3.61. The minimum absolute atomic E-state index is 0.103. The van der Waals surface area contributed by atoms with Crippen LogP contribution in [-0.4, -0.2) is 23.7 Å². The van der Waals surface area contributed by atoms with E-state index < -0.39 is 0 Å². The van der Waals surface area contributed by atoms with E-state index in [-0.39, 0.29) is 11.7 Å². The molecule has 0 atom stereocenters. The van der Waals surface area contributed by atoms with Crippen LogP contribution in [-0.2, 0) is 6.42 Å². The summed E-state index contributed by atoms with van der Waals surface area (Å²) in [4.78, 5) is 26.6. The quantitative estimate of drug-likeness (QED) is 0.804. The molecule has 1 aromatic heterocycles. The fourth-order valence-corrected chi connectivity index (χ4v) is 2.58. The zero-order chi connectivity index (χ0) is 12.7. The number of rotatable bonds is 1. The van der Waals surface area contributed by atoms with Crippen molar-refractivity contribution in [1.29, 1.82) is 0 Å². The van der Waals surface area contributed by atoms with E-state index in [0.29, 0.717) is 12.0 Å². The van der Waals surface area contributed by atoms with Gasteiger partial charge >= 0.3 is 0 Å². The number of amides is 1. The van der Waals surface area contributed by atoms with Gasteiger partial charge in [0.25, 0.3) is 5.91 Å². The maximum Gasteiger partial charge on any atom is 0.251 e. The highest BCUT2D eigenvalue weighted by molar-refractivity contribution is 6.05. The Morgan fingerprint density at radius 3 is 2.94 bits per heavy atom. The molecule has 1 aliphatic carbocycles. The average Bonchev–Trinajstić information content (AvgIpc) is 2.77. The number of fused-ring (bicyclic) bond motifs is 3. The highest BCUT2D eigenvalue weighted by Gasteiger charge is 2.22. The molecule has 2 N–H and O–H groups in total. The topological polar surface area (TPSA) is 62.0 Å². The maximum absolute atomic E-state index is 11.8. The lowest BCUT2D eigenvalue weighted by atomic mass is 9.94. The fourth-order valence-electron chi connectivity index (χ4n) is 2.58. The van der Waals surface area contributed by atoms with E-state index in [1.54, 1.807) is 13.1 Å². The first-order chi connectivity index (χ1) is 8.70. The first-order valence-electron chi connectivity index (χ1n) is 6.10. The van der Waals surface area contributed by atoms with Gasteiger partial charge in [0.1, 0.15) is 0 Å². The Morgan fingerprint density at radius 2 is 2.17 bits per heavy atom. The summed E-state index contributed by atoms with van der Waals surface area (Å²) in [6.45, 7) is 0. The number of nitrogens with one attached hydrogen (secondary N) is 2. The van der Waals surface area contributed by atoms with Crippen molar-refractivity contribution in [3.05, 3.63) is 35.0 Å². The largest absolute Gasteiger partial charge is 0.355 e. The second kappa shape index (κ2) is 3.98. The molecule has 0 bridgehead atoms. The molecule has 3 rings (SSSR count). The van der Waals surface area contributed by atoms with Gasteiger partial charge in [-0.1, -0.05) is 0 Å². The van der Waals surface area contributed by atoms with Crippen LogP contribution in [0.15, 0.2) is 18.2 Å². The van der Waals surface area contributed by atoms with Crippen molar-refractivity contribution in [3.8, 4) is 0 Å². The van der Waals surface area contributed by atoms with Gasteiger partial charge in [0.15, 0.2) is 5.78 Å². The number of Topliss-reactive ketones (excluding diaryl/α,β-unsaturated/α-hetero) is 1. The van der Waals surface area contributed by atoms with Crippen molar-refractivity contribution in [2.45, 2.75) is 19.3 Å². The molecule has 4 nitrogen and oxygen atoms in total. The summed E-state index contributed by atoms with van der Waals surface area (Å²) in [7, 11) is 1.61. The highest BCUT2D eigenvalue weighted by Crippen LogP contribution is 2.29. The molecular weight excluding hydrogens is 228 g/mol. The Balaban J connectivity index is 2.21. The molecule has 0 fully saturated rings. The van der Waals surface area contributed by atoms with Gasteiger partial charge in [0, 0.05) is 29.9 Å². The van der Waals surface area contributed by atoms with Crippen molar-refractivity contribution in [1.82, 2.24) is 10.3 Å². The van der Waals surface area contributed by atoms with E-state index in [4.69, 9.17) is 0 Å². The molecule has 0 radical (unpaired) electrons. The molecule has 1 aliphatic rings. The van der Waals surface area contributed by atoms with Gasteiger partial charge in [-0.05, 0) is 36.6 Å². The summed E-state index contributed by atoms with van der Waals surface area (Å²) in [5.74, 6) is 0.0722. The number of H-pyrrole nitrogens is 1. The third kappa shape index (κ3) is 1.53. The van der Waals surface area contributed by atoms with Gasteiger partial charge in [-0.15, -0.1) is 0 Å². The number of aromatic amines is 1. The minimum Gasteiger partial charge on any atom is -0.355 e. The molecule has 0 aliphatic heterocycles. The van der Waals surface area contributed by atoms with Crippen LogP contribution in [0.5, 0.6) is 0 Å². The standard InChI is InChI=1S/C14H14N2O2/c1-15-14(18)8-5-6-11-10(7-8)9-3-2-4-12(17)13(9)16-11/h5-7,16H,2-4H2,1H3,(H,15,18). The Kier molecular flexibility index (Phi) is 2.44. The Bertz CT molecular complexity index is 655. The lowest BCUT2D eigenvalue weighted by molar-refractivity contribution is 0.0958. The number of benzene rings is 1. The number of carbonyl (C=O) groups is 2. The van der Waals surface area contributed by atoms with Crippen LogP contribution in [0.4, 0.5) is 0 Å². The van der Waals surface area contributed by atoms with E-state index in [0.717, 1.165) is 35.0 Å². The maximum atomic E-state index is 11.8. The van der Waals surface area contributed by atoms with E-state index in [9.17, 15) is 9.59 Å². The molecule has 1 heterocycles. The van der Waals surface area contributed by atoms with Crippen LogP contribution >= 0.6 is 0 Å². The zero-order valence-corrected chi connectivity index (χ0v) is 10.2. The molecule has 2 aromatic rings. The van der Waals surface area contributed by atoms with Crippen molar-refractivity contribution >= 4 is 22.6 Å². The first-order valence-corrected chi connectivity index (χ1v) is 6.10. The molecule has 92 valence electrons. The van der Waals surface area contributed by atoms with Gasteiger partial charge in [0.2, 0.25) is 0 Å². The smallest absolute Gasteiger partial charge is 0.251 e. The molecule has 18 heavy (non-hydrogen) atoms. The Morgan fingerprint density at radius 1 is 1.33 bits per heavy atom. The van der Waals surface area contributed by atoms with Gasteiger partial charge in [0.05, 0.1) is 5.69 Å². The lowest BCUT2D eigenvalue weighted by Crippen LogP contribution is -2.17. The predicted molar refractivity (Wildman–Crippen MR) is 69.0 cm³/mol. The summed E-state index contributed by atoms with van der Waals surface area (Å²) >= 11 is 0. The van der Waals surface area contributed by atoms with Crippen molar-refractivity contribution in [2.24, 2.45) is 0 Å². The number of ketones is 1. The molecule has 4 heteroatoms. The minimum atomic E-state index is -0.103. The Hall–Kier alpha value is -2.10. The molecule has 0 unspecified atom stereocenters. The number of carbonyl (C=O) groups excluding carboxylic acids is 2. The van der Waals surface area contributed by atoms with E-state index >= 15 is 0 Å². The van der Waals surface area contributed by atoms with Crippen LogP contribution in [0.2, 0.25) is 0 Å². The van der Waals surface area contributed by atoms with Crippen LogP contribution in [0.3, 0.4) is 0 Å². The fraction of sp³-hybridized carbons (Fsp3) is 0.286. The van der Waals surface area contributed by atoms with Crippen LogP contribution in [0, 0.1) is 0 Å². The van der Waals surface area contributed by atoms with Crippen molar-refractivity contribution < 1.29 is 9.59 Å². The first kappa shape index (κ1) is 11.0. The normalized spacial score (nSPS) is 14.6. The van der Waals surface area contributed by atoms with Crippen LogP contribution < -0.4 is 5.32 Å². The number of hydrogen-bond donors (Lipinski definition) is 2.